The van der Waals surface area contributed by atoms with Gasteiger partial charge in [0.25, 0.3) is 0 Å². The molecule has 1 fully saturated rings. The molecule has 0 saturated heterocycles. The van der Waals surface area contributed by atoms with Crippen molar-refractivity contribution in [1.29, 1.82) is 0 Å². The Morgan fingerprint density at radius 2 is 2.26 bits per heavy atom. The van der Waals surface area contributed by atoms with Gasteiger partial charge in [0.15, 0.2) is 0 Å². The summed E-state index contributed by atoms with van der Waals surface area (Å²) in [6.45, 7) is 5.41. The van der Waals surface area contributed by atoms with Crippen molar-refractivity contribution in [2.45, 2.75) is 39.3 Å². The summed E-state index contributed by atoms with van der Waals surface area (Å²) >= 11 is 9.22. The summed E-state index contributed by atoms with van der Waals surface area (Å²) < 4.78 is 7.01. The van der Waals surface area contributed by atoms with Crippen LogP contribution in [0.1, 0.15) is 30.9 Å². The summed E-state index contributed by atoms with van der Waals surface area (Å²) in [5.74, 6) is 0.967. The van der Waals surface area contributed by atoms with Crippen LogP contribution >= 0.6 is 27.5 Å². The van der Waals surface area contributed by atoms with E-state index in [-0.39, 0.29) is 0 Å². The Balaban J connectivity index is 2.12. The van der Waals surface area contributed by atoms with E-state index in [1.54, 1.807) is 5.54 Å². The molecule has 104 valence electrons. The number of hydrogen-bond acceptors (Lipinski definition) is 2. The lowest BCUT2D eigenvalue weighted by molar-refractivity contribution is 0.345. The third-order valence-electron chi connectivity index (χ3n) is 3.11. The zero-order chi connectivity index (χ0) is 13.8. The summed E-state index contributed by atoms with van der Waals surface area (Å²) in [5, 5.41) is 3.53. The molecule has 0 unspecified atom stereocenters. The van der Waals surface area contributed by atoms with E-state index in [9.17, 15) is 0 Å². The zero-order valence-electron chi connectivity index (χ0n) is 11.3. The average Bonchev–Trinajstić information content (AvgIpc) is 3.18. The highest BCUT2D eigenvalue weighted by molar-refractivity contribution is 9.10. The number of ether oxygens (including phenoxy) is 1. The van der Waals surface area contributed by atoms with Crippen LogP contribution in [0.5, 0.6) is 5.75 Å². The number of benzene rings is 1. The van der Waals surface area contributed by atoms with Gasteiger partial charge < -0.3 is 10.1 Å². The van der Waals surface area contributed by atoms with E-state index in [1.807, 2.05) is 6.92 Å². The Morgan fingerprint density at radius 1 is 1.53 bits per heavy atom. The van der Waals surface area contributed by atoms with Gasteiger partial charge in [0.1, 0.15) is 12.4 Å². The van der Waals surface area contributed by atoms with Crippen LogP contribution in [0.25, 0.3) is 0 Å². The first-order valence-electron chi connectivity index (χ1n) is 6.51. The molecule has 0 radical (unpaired) electrons. The van der Waals surface area contributed by atoms with Gasteiger partial charge in [-0.15, -0.1) is 0 Å². The second kappa shape index (κ2) is 6.78. The third kappa shape index (κ3) is 4.51. The molecule has 1 N–H and O–H groups in total. The molecule has 19 heavy (non-hydrogen) atoms. The predicted molar refractivity (Wildman–Crippen MR) is 83.8 cm³/mol. The van der Waals surface area contributed by atoms with Gasteiger partial charge in [-0.05, 0) is 50.0 Å². The molecule has 4 heteroatoms. The molecule has 0 aromatic heterocycles. The highest BCUT2D eigenvalue weighted by Gasteiger charge is 2.21. The maximum Gasteiger partial charge on any atom is 0.127 e. The van der Waals surface area contributed by atoms with Crippen molar-refractivity contribution in [2.75, 3.05) is 6.61 Å². The molecule has 0 bridgehead atoms. The molecular formula is C15H19BrClNO. The minimum absolute atomic E-state index is 0.530. The first kappa shape index (κ1) is 14.9. The van der Waals surface area contributed by atoms with E-state index in [2.05, 4.69) is 40.3 Å². The minimum atomic E-state index is 0.530. The first-order chi connectivity index (χ1) is 9.10. The Labute approximate surface area is 128 Å². The fourth-order valence-corrected chi connectivity index (χ4v) is 2.58. The van der Waals surface area contributed by atoms with Crippen molar-refractivity contribution in [3.63, 3.8) is 0 Å². The first-order valence-corrected chi connectivity index (χ1v) is 7.74. The van der Waals surface area contributed by atoms with Crippen molar-refractivity contribution < 1.29 is 4.74 Å². The minimum Gasteiger partial charge on any atom is -0.489 e. The zero-order valence-corrected chi connectivity index (χ0v) is 13.6. The maximum atomic E-state index is 5.91. The number of aryl methyl sites for hydroxylation is 1. The lowest BCUT2D eigenvalue weighted by Gasteiger charge is -2.15. The molecule has 0 amide bonds. The predicted octanol–water partition coefficient (Wildman–Crippen LogP) is 4.53. The van der Waals surface area contributed by atoms with Gasteiger partial charge in [0.2, 0.25) is 0 Å². The van der Waals surface area contributed by atoms with Crippen molar-refractivity contribution in [1.82, 2.24) is 5.32 Å². The molecule has 0 aliphatic heterocycles. The second-order valence-corrected chi connectivity index (χ2v) is 6.24. The Hall–Kier alpha value is -0.510. The van der Waals surface area contributed by atoms with Crippen molar-refractivity contribution in [3.8, 4) is 5.75 Å². The lowest BCUT2D eigenvalue weighted by atomic mass is 10.1. The van der Waals surface area contributed by atoms with E-state index >= 15 is 0 Å². The number of halogens is 2. The third-order valence-corrected chi connectivity index (χ3v) is 3.94. The van der Waals surface area contributed by atoms with Gasteiger partial charge in [0, 0.05) is 28.2 Å². The molecule has 0 spiro atoms. The van der Waals surface area contributed by atoms with Crippen LogP contribution in [-0.4, -0.2) is 12.6 Å². The van der Waals surface area contributed by atoms with Gasteiger partial charge in [0.05, 0.1) is 0 Å². The van der Waals surface area contributed by atoms with Crippen LogP contribution in [0.4, 0.5) is 0 Å². The molecule has 1 saturated carbocycles. The molecule has 0 atom stereocenters. The van der Waals surface area contributed by atoms with Gasteiger partial charge in [-0.2, -0.15) is 0 Å². The number of hydrogen-bond donors (Lipinski definition) is 1. The molecule has 1 aliphatic carbocycles. The van der Waals surface area contributed by atoms with E-state index in [1.165, 1.54) is 18.4 Å². The van der Waals surface area contributed by atoms with Gasteiger partial charge in [-0.1, -0.05) is 27.5 Å². The fraction of sp³-hybridized carbons (Fsp3) is 0.467. The van der Waals surface area contributed by atoms with Gasteiger partial charge >= 0.3 is 0 Å². The Morgan fingerprint density at radius 3 is 2.89 bits per heavy atom. The SMILES string of the molecule is CC(=CCl)COc1c(C)cc(Br)cc1CNC1CC1. The van der Waals surface area contributed by atoms with Crippen LogP contribution in [0.2, 0.25) is 0 Å². The van der Waals surface area contributed by atoms with E-state index in [4.69, 9.17) is 16.3 Å². The molecule has 2 rings (SSSR count). The Bertz CT molecular complexity index is 483. The monoisotopic (exact) mass is 343 g/mol. The van der Waals surface area contributed by atoms with Crippen LogP contribution in [0, 0.1) is 6.92 Å². The lowest BCUT2D eigenvalue weighted by Crippen LogP contribution is -2.16. The molecular weight excluding hydrogens is 326 g/mol. The summed E-state index contributed by atoms with van der Waals surface area (Å²) in [6, 6.07) is 4.89. The standard InChI is InChI=1S/C15H19BrClNO/c1-10(7-17)9-19-15-11(2)5-13(16)6-12(15)8-18-14-3-4-14/h5-7,14,18H,3-4,8-9H2,1-2H3. The van der Waals surface area contributed by atoms with E-state index in [0.29, 0.717) is 12.6 Å². The van der Waals surface area contributed by atoms with Crippen LogP contribution in [-0.2, 0) is 6.54 Å². The summed E-state index contributed by atoms with van der Waals surface area (Å²) in [4.78, 5) is 0. The maximum absolute atomic E-state index is 5.91. The number of rotatable bonds is 6. The van der Waals surface area contributed by atoms with E-state index in [0.717, 1.165) is 27.9 Å². The van der Waals surface area contributed by atoms with Crippen LogP contribution < -0.4 is 10.1 Å². The topological polar surface area (TPSA) is 21.3 Å². The molecule has 1 aromatic rings. The molecule has 1 aliphatic rings. The largest absolute Gasteiger partial charge is 0.489 e. The summed E-state index contributed by atoms with van der Waals surface area (Å²) in [7, 11) is 0. The summed E-state index contributed by atoms with van der Waals surface area (Å²) in [5.41, 5.74) is 4.92. The second-order valence-electron chi connectivity index (χ2n) is 5.11. The van der Waals surface area contributed by atoms with Crippen LogP contribution in [0.3, 0.4) is 0 Å². The molecule has 1 aromatic carbocycles. The van der Waals surface area contributed by atoms with E-state index < -0.39 is 0 Å². The van der Waals surface area contributed by atoms with Gasteiger partial charge in [-0.3, -0.25) is 0 Å². The highest BCUT2D eigenvalue weighted by Crippen LogP contribution is 2.29. The van der Waals surface area contributed by atoms with Crippen LogP contribution in [0.15, 0.2) is 27.7 Å². The number of nitrogens with one attached hydrogen (secondary N) is 1. The average molecular weight is 345 g/mol. The van der Waals surface area contributed by atoms with Crippen molar-refractivity contribution in [3.05, 3.63) is 38.8 Å². The fourth-order valence-electron chi connectivity index (χ4n) is 1.90. The normalized spacial score (nSPS) is 15.7. The quantitative estimate of drug-likeness (QED) is 0.818. The highest BCUT2D eigenvalue weighted by atomic mass is 79.9. The smallest absolute Gasteiger partial charge is 0.127 e. The summed E-state index contributed by atoms with van der Waals surface area (Å²) in [6.07, 6.45) is 2.58. The van der Waals surface area contributed by atoms with Crippen molar-refractivity contribution in [2.24, 2.45) is 0 Å². The molecule has 0 heterocycles. The Kier molecular flexibility index (Phi) is 5.31. The van der Waals surface area contributed by atoms with Gasteiger partial charge in [-0.25, -0.2) is 0 Å². The van der Waals surface area contributed by atoms with Crippen molar-refractivity contribution >= 4 is 27.5 Å². The molecule has 2 nitrogen and oxygen atoms in total.